The van der Waals surface area contributed by atoms with Gasteiger partial charge < -0.3 is 5.73 Å². The van der Waals surface area contributed by atoms with Gasteiger partial charge in [-0.25, -0.2) is 0 Å². The minimum Gasteiger partial charge on any atom is -0.399 e. The zero-order valence-corrected chi connectivity index (χ0v) is 11.6. The molecule has 0 saturated heterocycles. The van der Waals surface area contributed by atoms with Gasteiger partial charge in [-0.1, -0.05) is 29.3 Å². The maximum atomic E-state index is 5.59. The van der Waals surface area contributed by atoms with Crippen LogP contribution < -0.4 is 5.73 Å². The fourth-order valence-electron chi connectivity index (χ4n) is 1.89. The molecular weight excluding hydrogens is 234 g/mol. The molecule has 0 spiro atoms. The molecule has 1 aromatic heterocycles. The van der Waals surface area contributed by atoms with Crippen LogP contribution in [0.3, 0.4) is 0 Å². The van der Waals surface area contributed by atoms with Gasteiger partial charge in [0.15, 0.2) is 0 Å². The summed E-state index contributed by atoms with van der Waals surface area (Å²) in [7, 11) is 0. The molecule has 19 heavy (non-hydrogen) atoms. The van der Waals surface area contributed by atoms with Gasteiger partial charge in [0.2, 0.25) is 0 Å². The van der Waals surface area contributed by atoms with Gasteiger partial charge in [0.05, 0.1) is 11.7 Å². The highest BCUT2D eigenvalue weighted by molar-refractivity contribution is 5.78. The summed E-state index contributed by atoms with van der Waals surface area (Å²) in [4.78, 5) is 0. The quantitative estimate of drug-likeness (QED) is 0.599. The standard InChI is InChI=1S/C8H8N2.C8H11N/c1-6-2-3-8-7(4-6)5-9-10-8;1-6-3-4-8(9)7(2)5-6/h2-5H,1H3,(H,9,10);3-5H,9H2,1-2H3. The molecule has 0 aliphatic rings. The molecule has 0 atom stereocenters. The topological polar surface area (TPSA) is 54.7 Å². The van der Waals surface area contributed by atoms with Crippen molar-refractivity contribution < 1.29 is 0 Å². The molecule has 2 aromatic carbocycles. The maximum absolute atomic E-state index is 5.59. The minimum atomic E-state index is 0.876. The Morgan fingerprint density at radius 3 is 2.32 bits per heavy atom. The van der Waals surface area contributed by atoms with Crippen LogP contribution in [0.1, 0.15) is 16.7 Å². The van der Waals surface area contributed by atoms with Crippen LogP contribution in [-0.4, -0.2) is 10.2 Å². The molecule has 0 aliphatic heterocycles. The fraction of sp³-hybridized carbons (Fsp3) is 0.188. The summed E-state index contributed by atoms with van der Waals surface area (Å²) in [6.45, 7) is 6.15. The predicted octanol–water partition coefficient (Wildman–Crippen LogP) is 3.76. The molecular formula is C16H19N3. The lowest BCUT2D eigenvalue weighted by Gasteiger charge is -1.98. The van der Waals surface area contributed by atoms with Crippen molar-refractivity contribution in [3.05, 3.63) is 59.3 Å². The Labute approximate surface area is 113 Å². The van der Waals surface area contributed by atoms with Gasteiger partial charge in [0.25, 0.3) is 0 Å². The van der Waals surface area contributed by atoms with Crippen LogP contribution in [0, 0.1) is 20.8 Å². The highest BCUT2D eigenvalue weighted by Crippen LogP contribution is 2.11. The third-order valence-corrected chi connectivity index (χ3v) is 3.02. The molecule has 0 saturated carbocycles. The smallest absolute Gasteiger partial charge is 0.0650 e. The van der Waals surface area contributed by atoms with E-state index in [1.807, 2.05) is 31.3 Å². The number of aryl methyl sites for hydroxylation is 3. The molecule has 3 rings (SSSR count). The Morgan fingerprint density at radius 1 is 0.947 bits per heavy atom. The zero-order chi connectivity index (χ0) is 13.8. The molecule has 0 bridgehead atoms. The lowest BCUT2D eigenvalue weighted by molar-refractivity contribution is 1.12. The number of aromatic amines is 1. The molecule has 3 N–H and O–H groups in total. The largest absolute Gasteiger partial charge is 0.399 e. The monoisotopic (exact) mass is 253 g/mol. The average molecular weight is 253 g/mol. The van der Waals surface area contributed by atoms with Crippen molar-refractivity contribution in [1.82, 2.24) is 10.2 Å². The van der Waals surface area contributed by atoms with Crippen molar-refractivity contribution in [2.75, 3.05) is 5.73 Å². The van der Waals surface area contributed by atoms with Crippen molar-refractivity contribution in [3.8, 4) is 0 Å². The summed E-state index contributed by atoms with van der Waals surface area (Å²) >= 11 is 0. The Bertz CT molecular complexity index is 683. The molecule has 0 amide bonds. The van der Waals surface area contributed by atoms with Crippen LogP contribution in [0.15, 0.2) is 42.6 Å². The Morgan fingerprint density at radius 2 is 1.63 bits per heavy atom. The van der Waals surface area contributed by atoms with Crippen molar-refractivity contribution in [2.45, 2.75) is 20.8 Å². The second-order valence-electron chi connectivity index (χ2n) is 4.82. The number of H-pyrrole nitrogens is 1. The number of nitrogens with one attached hydrogen (secondary N) is 1. The summed E-state index contributed by atoms with van der Waals surface area (Å²) < 4.78 is 0. The number of nitrogens with two attached hydrogens (primary N) is 1. The van der Waals surface area contributed by atoms with Crippen LogP contribution in [0.4, 0.5) is 5.69 Å². The van der Waals surface area contributed by atoms with Crippen molar-refractivity contribution >= 4 is 16.6 Å². The summed E-state index contributed by atoms with van der Waals surface area (Å²) in [5.41, 5.74) is 11.3. The second-order valence-corrected chi connectivity index (χ2v) is 4.82. The molecule has 0 unspecified atom stereocenters. The van der Waals surface area contributed by atoms with Crippen LogP contribution in [0.25, 0.3) is 10.9 Å². The van der Waals surface area contributed by atoms with E-state index >= 15 is 0 Å². The van der Waals surface area contributed by atoms with Gasteiger partial charge in [-0.05, 0) is 44.5 Å². The van der Waals surface area contributed by atoms with Crippen LogP contribution in [-0.2, 0) is 0 Å². The lowest BCUT2D eigenvalue weighted by Crippen LogP contribution is -1.88. The van der Waals surface area contributed by atoms with E-state index in [0.717, 1.165) is 16.8 Å². The van der Waals surface area contributed by atoms with E-state index in [9.17, 15) is 0 Å². The van der Waals surface area contributed by atoms with Gasteiger partial charge in [-0.3, -0.25) is 5.10 Å². The van der Waals surface area contributed by atoms with Crippen LogP contribution in [0.2, 0.25) is 0 Å². The number of hydrogen-bond acceptors (Lipinski definition) is 2. The molecule has 3 nitrogen and oxygen atoms in total. The Balaban J connectivity index is 0.000000141. The first-order valence-electron chi connectivity index (χ1n) is 6.29. The normalized spacial score (nSPS) is 10.1. The highest BCUT2D eigenvalue weighted by Gasteiger charge is 1.92. The van der Waals surface area contributed by atoms with Crippen LogP contribution in [0.5, 0.6) is 0 Å². The van der Waals surface area contributed by atoms with Crippen molar-refractivity contribution in [3.63, 3.8) is 0 Å². The second kappa shape index (κ2) is 5.57. The molecule has 0 fully saturated rings. The van der Waals surface area contributed by atoms with E-state index in [4.69, 9.17) is 5.73 Å². The first kappa shape index (κ1) is 13.1. The Hall–Kier alpha value is -2.29. The van der Waals surface area contributed by atoms with Crippen molar-refractivity contribution in [1.29, 1.82) is 0 Å². The van der Waals surface area contributed by atoms with E-state index in [-0.39, 0.29) is 0 Å². The number of hydrogen-bond donors (Lipinski definition) is 2. The summed E-state index contributed by atoms with van der Waals surface area (Å²) in [6.07, 6.45) is 1.84. The van der Waals surface area contributed by atoms with E-state index in [2.05, 4.69) is 42.2 Å². The fourth-order valence-corrected chi connectivity index (χ4v) is 1.89. The number of anilines is 1. The lowest BCUT2D eigenvalue weighted by atomic mass is 10.1. The zero-order valence-electron chi connectivity index (χ0n) is 11.6. The van der Waals surface area contributed by atoms with Gasteiger partial charge in [0.1, 0.15) is 0 Å². The first-order valence-corrected chi connectivity index (χ1v) is 6.29. The van der Waals surface area contributed by atoms with E-state index < -0.39 is 0 Å². The molecule has 3 aromatic rings. The third kappa shape index (κ3) is 3.35. The van der Waals surface area contributed by atoms with Crippen molar-refractivity contribution in [2.24, 2.45) is 0 Å². The van der Waals surface area contributed by atoms with Gasteiger partial charge in [0, 0.05) is 11.1 Å². The average Bonchev–Trinajstić information content (AvgIpc) is 2.82. The molecule has 0 aliphatic carbocycles. The molecule has 98 valence electrons. The number of rotatable bonds is 0. The number of fused-ring (bicyclic) bond motifs is 1. The Kier molecular flexibility index (Phi) is 3.85. The number of aromatic nitrogens is 2. The maximum Gasteiger partial charge on any atom is 0.0650 e. The van der Waals surface area contributed by atoms with E-state index in [0.29, 0.717) is 0 Å². The highest BCUT2D eigenvalue weighted by atomic mass is 15.1. The number of nitrogen functional groups attached to an aromatic ring is 1. The van der Waals surface area contributed by atoms with E-state index in [1.165, 1.54) is 16.5 Å². The van der Waals surface area contributed by atoms with Gasteiger partial charge in [-0.2, -0.15) is 5.10 Å². The minimum absolute atomic E-state index is 0.876. The molecule has 3 heteroatoms. The SMILES string of the molecule is Cc1ccc(N)c(C)c1.Cc1ccc2[nH]ncc2c1. The van der Waals surface area contributed by atoms with Gasteiger partial charge in [-0.15, -0.1) is 0 Å². The number of benzene rings is 2. The summed E-state index contributed by atoms with van der Waals surface area (Å²) in [5, 5.41) is 7.99. The third-order valence-electron chi connectivity index (χ3n) is 3.02. The first-order chi connectivity index (χ1) is 9.06. The summed E-state index contributed by atoms with van der Waals surface area (Å²) in [6, 6.07) is 12.2. The number of nitrogens with zero attached hydrogens (tertiary/aromatic N) is 1. The van der Waals surface area contributed by atoms with Crippen LogP contribution >= 0.6 is 0 Å². The molecule has 1 heterocycles. The summed E-state index contributed by atoms with van der Waals surface area (Å²) in [5.74, 6) is 0. The molecule has 0 radical (unpaired) electrons. The van der Waals surface area contributed by atoms with E-state index in [1.54, 1.807) is 0 Å². The predicted molar refractivity (Wildman–Crippen MR) is 81.2 cm³/mol. The van der Waals surface area contributed by atoms with Gasteiger partial charge >= 0.3 is 0 Å².